The standard InChI is InChI=1S/C70H130O6/c1-4-7-10-13-16-19-22-25-27-29-30-31-32-33-34-35-36-37-38-39-40-42-43-45-48-51-54-57-60-63-69(72)75-66-67(65-74-68(71)62-59-56-53-50-47-24-21-18-15-12-9-6-3)76-70(73)64-61-58-55-52-49-46-44-41-28-26-23-20-17-14-11-8-5-2/h8,11,17,20,26,28,67H,4-7,9-10,12-16,18-19,21-25,27,29-66H2,1-3H3/b11-8-,20-17-,28-26-. The van der Waals surface area contributed by atoms with Crippen LogP contribution in [0.25, 0.3) is 0 Å². The molecule has 0 spiro atoms. The fourth-order valence-electron chi connectivity index (χ4n) is 10.3. The average Bonchev–Trinajstić information content (AvgIpc) is 3.42. The first-order valence-corrected chi connectivity index (χ1v) is 34.0. The predicted molar refractivity (Wildman–Crippen MR) is 330 cm³/mol. The van der Waals surface area contributed by atoms with Crippen molar-refractivity contribution < 1.29 is 28.6 Å². The SMILES string of the molecule is CC/C=C\C/C=C\C/C=C\CCCCCCCCCC(=O)OC(COC(=O)CCCCCCCCCCCCCC)COC(=O)CCCCCCCCCCCCCCCCCCCCCCCCCCCCCCC. The highest BCUT2D eigenvalue weighted by molar-refractivity contribution is 5.71. The molecule has 0 aromatic carbocycles. The molecule has 0 aromatic rings. The van der Waals surface area contributed by atoms with E-state index in [0.29, 0.717) is 19.3 Å². The summed E-state index contributed by atoms with van der Waals surface area (Å²) in [6.07, 6.45) is 80.4. The number of unbranched alkanes of at least 4 members (excludes halogenated alkanes) is 46. The second-order valence-corrected chi connectivity index (χ2v) is 23.1. The Morgan fingerprint density at radius 1 is 0.276 bits per heavy atom. The molecule has 0 aliphatic heterocycles. The van der Waals surface area contributed by atoms with E-state index >= 15 is 0 Å². The summed E-state index contributed by atoms with van der Waals surface area (Å²) in [4.78, 5) is 38.3. The molecule has 6 nitrogen and oxygen atoms in total. The van der Waals surface area contributed by atoms with Crippen LogP contribution in [-0.4, -0.2) is 37.2 Å². The Balaban J connectivity index is 4.14. The average molecular weight is 1070 g/mol. The Morgan fingerprint density at radius 2 is 0.513 bits per heavy atom. The fourth-order valence-corrected chi connectivity index (χ4v) is 10.3. The van der Waals surface area contributed by atoms with E-state index in [4.69, 9.17) is 14.2 Å². The normalized spacial score (nSPS) is 12.2. The number of hydrogen-bond donors (Lipinski definition) is 0. The molecule has 446 valence electrons. The first-order valence-electron chi connectivity index (χ1n) is 34.0. The van der Waals surface area contributed by atoms with Crippen LogP contribution >= 0.6 is 0 Å². The summed E-state index contributed by atoms with van der Waals surface area (Å²) < 4.78 is 16.9. The van der Waals surface area contributed by atoms with Gasteiger partial charge in [-0.1, -0.05) is 340 Å². The van der Waals surface area contributed by atoms with Crippen molar-refractivity contribution in [3.63, 3.8) is 0 Å². The van der Waals surface area contributed by atoms with Gasteiger partial charge in [-0.05, 0) is 51.4 Å². The smallest absolute Gasteiger partial charge is 0.306 e. The molecule has 0 aliphatic rings. The van der Waals surface area contributed by atoms with Gasteiger partial charge in [0.25, 0.3) is 0 Å². The third-order valence-electron chi connectivity index (χ3n) is 15.4. The van der Waals surface area contributed by atoms with Crippen LogP contribution in [0.2, 0.25) is 0 Å². The number of ether oxygens (including phenoxy) is 3. The van der Waals surface area contributed by atoms with Gasteiger partial charge in [0.05, 0.1) is 0 Å². The van der Waals surface area contributed by atoms with Gasteiger partial charge in [0.2, 0.25) is 0 Å². The van der Waals surface area contributed by atoms with E-state index < -0.39 is 6.10 Å². The molecule has 0 N–H and O–H groups in total. The molecule has 76 heavy (non-hydrogen) atoms. The van der Waals surface area contributed by atoms with Crippen molar-refractivity contribution in [2.24, 2.45) is 0 Å². The second kappa shape index (κ2) is 65.2. The van der Waals surface area contributed by atoms with E-state index in [1.807, 2.05) is 0 Å². The molecule has 0 bridgehead atoms. The molecule has 0 aromatic heterocycles. The van der Waals surface area contributed by atoms with Crippen molar-refractivity contribution in [1.82, 2.24) is 0 Å². The van der Waals surface area contributed by atoms with Crippen molar-refractivity contribution in [2.45, 2.75) is 380 Å². The predicted octanol–water partition coefficient (Wildman–Crippen LogP) is 23.2. The van der Waals surface area contributed by atoms with Crippen LogP contribution in [0.1, 0.15) is 374 Å². The van der Waals surface area contributed by atoms with Gasteiger partial charge >= 0.3 is 17.9 Å². The minimum absolute atomic E-state index is 0.0709. The Labute approximate surface area is 474 Å². The Bertz CT molecular complexity index is 1270. The van der Waals surface area contributed by atoms with Gasteiger partial charge in [0, 0.05) is 19.3 Å². The van der Waals surface area contributed by atoms with Crippen LogP contribution in [0.3, 0.4) is 0 Å². The van der Waals surface area contributed by atoms with Gasteiger partial charge in [-0.25, -0.2) is 0 Å². The molecule has 1 unspecified atom stereocenters. The fraction of sp³-hybridized carbons (Fsp3) is 0.871. The van der Waals surface area contributed by atoms with E-state index in [0.717, 1.165) is 83.5 Å². The number of carbonyl (C=O) groups is 3. The Morgan fingerprint density at radius 3 is 0.803 bits per heavy atom. The lowest BCUT2D eigenvalue weighted by molar-refractivity contribution is -0.167. The van der Waals surface area contributed by atoms with E-state index in [9.17, 15) is 14.4 Å². The summed E-state index contributed by atoms with van der Waals surface area (Å²) in [5, 5.41) is 0. The topological polar surface area (TPSA) is 78.9 Å². The van der Waals surface area contributed by atoms with Crippen LogP contribution in [0, 0.1) is 0 Å². The number of carbonyl (C=O) groups excluding carboxylic acids is 3. The van der Waals surface area contributed by atoms with Gasteiger partial charge in [-0.3, -0.25) is 14.4 Å². The highest BCUT2D eigenvalue weighted by Gasteiger charge is 2.19. The molecular formula is C70H130O6. The summed E-state index contributed by atoms with van der Waals surface area (Å²) in [7, 11) is 0. The van der Waals surface area contributed by atoms with Gasteiger partial charge in [0.15, 0.2) is 6.10 Å². The lowest BCUT2D eigenvalue weighted by atomic mass is 10.0. The molecule has 0 saturated heterocycles. The molecule has 0 radical (unpaired) electrons. The molecule has 0 amide bonds. The maximum atomic E-state index is 12.9. The first-order chi connectivity index (χ1) is 37.5. The second-order valence-electron chi connectivity index (χ2n) is 23.1. The van der Waals surface area contributed by atoms with Crippen molar-refractivity contribution in [2.75, 3.05) is 13.2 Å². The number of allylic oxidation sites excluding steroid dienone is 6. The Hall–Kier alpha value is -2.37. The van der Waals surface area contributed by atoms with Gasteiger partial charge in [0.1, 0.15) is 13.2 Å². The molecule has 0 fully saturated rings. The molecule has 0 heterocycles. The third-order valence-corrected chi connectivity index (χ3v) is 15.4. The zero-order chi connectivity index (χ0) is 55.0. The molecule has 0 saturated carbocycles. The van der Waals surface area contributed by atoms with Crippen LogP contribution < -0.4 is 0 Å². The van der Waals surface area contributed by atoms with E-state index in [1.165, 1.54) is 250 Å². The quantitative estimate of drug-likeness (QED) is 0.0261. The van der Waals surface area contributed by atoms with E-state index in [1.54, 1.807) is 0 Å². The molecular weight excluding hydrogens is 937 g/mol. The molecule has 1 atom stereocenters. The minimum atomic E-state index is -0.774. The largest absolute Gasteiger partial charge is 0.462 e. The lowest BCUT2D eigenvalue weighted by Gasteiger charge is -2.18. The zero-order valence-electron chi connectivity index (χ0n) is 51.3. The molecule has 0 aliphatic carbocycles. The highest BCUT2D eigenvalue weighted by Crippen LogP contribution is 2.19. The van der Waals surface area contributed by atoms with Crippen molar-refractivity contribution in [1.29, 1.82) is 0 Å². The summed E-state index contributed by atoms with van der Waals surface area (Å²) >= 11 is 0. The van der Waals surface area contributed by atoms with Crippen LogP contribution in [0.15, 0.2) is 36.5 Å². The maximum Gasteiger partial charge on any atom is 0.306 e. The summed E-state index contributed by atoms with van der Waals surface area (Å²) in [5.74, 6) is -0.856. The number of esters is 3. The molecule has 0 rings (SSSR count). The van der Waals surface area contributed by atoms with Crippen LogP contribution in [-0.2, 0) is 28.6 Å². The minimum Gasteiger partial charge on any atom is -0.462 e. The summed E-state index contributed by atoms with van der Waals surface area (Å²) in [5.41, 5.74) is 0. The van der Waals surface area contributed by atoms with E-state index in [-0.39, 0.29) is 31.1 Å². The van der Waals surface area contributed by atoms with Crippen molar-refractivity contribution >= 4 is 17.9 Å². The maximum absolute atomic E-state index is 12.9. The Kier molecular flexibility index (Phi) is 63.1. The van der Waals surface area contributed by atoms with Crippen molar-refractivity contribution in [3.05, 3.63) is 36.5 Å². The van der Waals surface area contributed by atoms with Gasteiger partial charge < -0.3 is 14.2 Å². The van der Waals surface area contributed by atoms with Crippen molar-refractivity contribution in [3.8, 4) is 0 Å². The zero-order valence-corrected chi connectivity index (χ0v) is 51.3. The number of hydrogen-bond acceptors (Lipinski definition) is 6. The monoisotopic (exact) mass is 1070 g/mol. The highest BCUT2D eigenvalue weighted by atomic mass is 16.6. The van der Waals surface area contributed by atoms with Crippen LogP contribution in [0.4, 0.5) is 0 Å². The summed E-state index contributed by atoms with van der Waals surface area (Å²) in [6.45, 7) is 6.58. The molecule has 6 heteroatoms. The van der Waals surface area contributed by atoms with Gasteiger partial charge in [-0.2, -0.15) is 0 Å². The lowest BCUT2D eigenvalue weighted by Crippen LogP contribution is -2.30. The number of rotatable bonds is 63. The summed E-state index contributed by atoms with van der Waals surface area (Å²) in [6, 6.07) is 0. The van der Waals surface area contributed by atoms with Gasteiger partial charge in [-0.15, -0.1) is 0 Å². The first kappa shape index (κ1) is 73.6. The third kappa shape index (κ3) is 62.5. The van der Waals surface area contributed by atoms with Crippen LogP contribution in [0.5, 0.6) is 0 Å². The van der Waals surface area contributed by atoms with E-state index in [2.05, 4.69) is 57.2 Å².